The molecule has 1 aromatic heterocycles. The number of aromatic nitrogens is 1. The molecule has 3 aromatic rings. The predicted molar refractivity (Wildman–Crippen MR) is 78.5 cm³/mol. The molecule has 0 spiro atoms. The van der Waals surface area contributed by atoms with Crippen molar-refractivity contribution in [2.45, 2.75) is 0 Å². The van der Waals surface area contributed by atoms with E-state index >= 15 is 0 Å². The van der Waals surface area contributed by atoms with E-state index in [9.17, 15) is 10.1 Å². The molecular weight excluding hydrogens is 266 g/mol. The number of nitro groups is 1. The summed E-state index contributed by atoms with van der Waals surface area (Å²) in [4.78, 5) is 14.8. The van der Waals surface area contributed by atoms with E-state index in [1.54, 1.807) is 18.2 Å². The van der Waals surface area contributed by atoms with Crippen LogP contribution in [0.3, 0.4) is 0 Å². The zero-order chi connectivity index (χ0) is 14.8. The van der Waals surface area contributed by atoms with Crippen LogP contribution >= 0.6 is 0 Å². The summed E-state index contributed by atoms with van der Waals surface area (Å²) in [5.41, 5.74) is 3.00. The molecule has 0 atom stereocenters. The Morgan fingerprint density at radius 3 is 2.48 bits per heavy atom. The summed E-state index contributed by atoms with van der Waals surface area (Å²) < 4.78 is 0. The molecular formula is C16H9N3O2. The van der Waals surface area contributed by atoms with Crippen LogP contribution in [0.2, 0.25) is 0 Å². The fourth-order valence-electron chi connectivity index (χ4n) is 2.10. The lowest BCUT2D eigenvalue weighted by molar-refractivity contribution is -0.384. The van der Waals surface area contributed by atoms with Crippen LogP contribution in [0, 0.1) is 21.4 Å². The van der Waals surface area contributed by atoms with Gasteiger partial charge in [-0.2, -0.15) is 5.26 Å². The lowest BCUT2D eigenvalue weighted by Crippen LogP contribution is -1.89. The van der Waals surface area contributed by atoms with Gasteiger partial charge in [0.15, 0.2) is 0 Å². The van der Waals surface area contributed by atoms with Crippen LogP contribution in [-0.2, 0) is 0 Å². The monoisotopic (exact) mass is 275 g/mol. The first-order valence-electron chi connectivity index (χ1n) is 6.23. The number of non-ortho nitro benzene ring substituents is 1. The summed E-state index contributed by atoms with van der Waals surface area (Å²) in [5.74, 6) is 0. The van der Waals surface area contributed by atoms with Crippen molar-refractivity contribution in [1.82, 2.24) is 4.98 Å². The molecule has 0 saturated carbocycles. The third-order valence-electron chi connectivity index (χ3n) is 3.19. The van der Waals surface area contributed by atoms with E-state index in [4.69, 9.17) is 5.26 Å². The molecule has 5 heteroatoms. The Kier molecular flexibility index (Phi) is 3.05. The largest absolute Gasteiger partial charge is 0.270 e. The van der Waals surface area contributed by atoms with E-state index in [1.807, 2.05) is 24.3 Å². The van der Waals surface area contributed by atoms with Crippen molar-refractivity contribution in [2.75, 3.05) is 0 Å². The Bertz CT molecular complexity index is 880. The predicted octanol–water partition coefficient (Wildman–Crippen LogP) is 3.68. The minimum absolute atomic E-state index is 0.0513. The van der Waals surface area contributed by atoms with Gasteiger partial charge in [0.2, 0.25) is 0 Å². The molecule has 21 heavy (non-hydrogen) atoms. The summed E-state index contributed by atoms with van der Waals surface area (Å²) >= 11 is 0. The second-order valence-corrected chi connectivity index (χ2v) is 4.52. The average molecular weight is 275 g/mol. The van der Waals surface area contributed by atoms with Crippen LogP contribution in [0.25, 0.3) is 22.2 Å². The van der Waals surface area contributed by atoms with Gasteiger partial charge >= 0.3 is 0 Å². The second-order valence-electron chi connectivity index (χ2n) is 4.52. The first-order valence-corrected chi connectivity index (χ1v) is 6.23. The number of nitriles is 1. The van der Waals surface area contributed by atoms with Crippen LogP contribution < -0.4 is 0 Å². The lowest BCUT2D eigenvalue weighted by atomic mass is 10.1. The molecule has 1 heterocycles. The van der Waals surface area contributed by atoms with Crippen molar-refractivity contribution < 1.29 is 4.92 Å². The van der Waals surface area contributed by atoms with E-state index in [0.717, 1.165) is 16.6 Å². The molecule has 0 aliphatic rings. The van der Waals surface area contributed by atoms with Crippen molar-refractivity contribution in [3.63, 3.8) is 0 Å². The van der Waals surface area contributed by atoms with E-state index in [2.05, 4.69) is 11.1 Å². The highest BCUT2D eigenvalue weighted by Gasteiger charge is 2.08. The highest BCUT2D eigenvalue weighted by atomic mass is 16.6. The maximum absolute atomic E-state index is 10.8. The first-order chi connectivity index (χ1) is 10.2. The van der Waals surface area contributed by atoms with Crippen LogP contribution in [0.1, 0.15) is 5.56 Å². The number of nitro benzene ring substituents is 1. The lowest BCUT2D eigenvalue weighted by Gasteiger charge is -2.03. The fourth-order valence-corrected chi connectivity index (χ4v) is 2.10. The highest BCUT2D eigenvalue weighted by molar-refractivity contribution is 5.83. The second kappa shape index (κ2) is 5.02. The topological polar surface area (TPSA) is 79.8 Å². The summed E-state index contributed by atoms with van der Waals surface area (Å²) in [5, 5.41) is 20.3. The molecule has 0 N–H and O–H groups in total. The van der Waals surface area contributed by atoms with Crippen LogP contribution in [0.15, 0.2) is 54.6 Å². The molecule has 3 rings (SSSR count). The Labute approximate surface area is 120 Å². The van der Waals surface area contributed by atoms with Gasteiger partial charge in [0.1, 0.15) is 0 Å². The van der Waals surface area contributed by atoms with Crippen molar-refractivity contribution in [3.8, 4) is 17.3 Å². The van der Waals surface area contributed by atoms with Crippen molar-refractivity contribution >= 4 is 16.6 Å². The SMILES string of the molecule is N#Cc1ccc(-c2ccc3cc([N+](=O)[O-])ccc3n2)cc1. The number of hydrogen-bond donors (Lipinski definition) is 0. The van der Waals surface area contributed by atoms with Gasteiger partial charge in [0.05, 0.1) is 27.8 Å². The number of nitrogens with zero attached hydrogens (tertiary/aromatic N) is 3. The molecule has 0 amide bonds. The zero-order valence-electron chi connectivity index (χ0n) is 10.9. The number of rotatable bonds is 2. The molecule has 0 aliphatic heterocycles. The Balaban J connectivity index is 2.06. The Hall–Kier alpha value is -3.26. The van der Waals surface area contributed by atoms with E-state index < -0.39 is 4.92 Å². The summed E-state index contributed by atoms with van der Waals surface area (Å²) in [6.45, 7) is 0. The van der Waals surface area contributed by atoms with Crippen molar-refractivity contribution in [1.29, 1.82) is 5.26 Å². The van der Waals surface area contributed by atoms with Crippen LogP contribution in [0.4, 0.5) is 5.69 Å². The van der Waals surface area contributed by atoms with E-state index in [-0.39, 0.29) is 5.69 Å². The van der Waals surface area contributed by atoms with Gasteiger partial charge in [-0.05, 0) is 24.3 Å². The Morgan fingerprint density at radius 1 is 1.05 bits per heavy atom. The molecule has 0 radical (unpaired) electrons. The minimum Gasteiger partial charge on any atom is -0.258 e. The van der Waals surface area contributed by atoms with Gasteiger partial charge in [0, 0.05) is 23.1 Å². The number of pyridine rings is 1. The minimum atomic E-state index is -0.423. The first kappa shape index (κ1) is 12.8. The maximum Gasteiger partial charge on any atom is 0.270 e. The van der Waals surface area contributed by atoms with Gasteiger partial charge in [-0.1, -0.05) is 18.2 Å². The number of fused-ring (bicyclic) bond motifs is 1. The average Bonchev–Trinajstić information content (AvgIpc) is 2.54. The molecule has 0 bridgehead atoms. The number of hydrogen-bond acceptors (Lipinski definition) is 4. The molecule has 100 valence electrons. The molecule has 2 aromatic carbocycles. The third-order valence-corrected chi connectivity index (χ3v) is 3.19. The summed E-state index contributed by atoms with van der Waals surface area (Å²) in [7, 11) is 0. The standard InChI is InChI=1S/C16H9N3O2/c17-10-11-1-3-12(4-2-11)15-7-5-13-9-14(19(20)21)6-8-16(13)18-15/h1-9H. The molecule has 5 nitrogen and oxygen atoms in total. The van der Waals surface area contributed by atoms with Gasteiger partial charge in [-0.25, -0.2) is 4.98 Å². The smallest absolute Gasteiger partial charge is 0.258 e. The molecule has 0 saturated heterocycles. The highest BCUT2D eigenvalue weighted by Crippen LogP contribution is 2.24. The van der Waals surface area contributed by atoms with Gasteiger partial charge in [0.25, 0.3) is 5.69 Å². The molecule has 0 fully saturated rings. The summed E-state index contributed by atoms with van der Waals surface area (Å²) in [6, 6.07) is 17.4. The molecule has 0 aliphatic carbocycles. The maximum atomic E-state index is 10.8. The summed E-state index contributed by atoms with van der Waals surface area (Å²) in [6.07, 6.45) is 0. The van der Waals surface area contributed by atoms with Crippen molar-refractivity contribution in [2.24, 2.45) is 0 Å². The van der Waals surface area contributed by atoms with Gasteiger partial charge < -0.3 is 0 Å². The number of benzene rings is 2. The molecule has 0 unspecified atom stereocenters. The quantitative estimate of drug-likeness (QED) is 0.527. The van der Waals surface area contributed by atoms with Crippen LogP contribution in [0.5, 0.6) is 0 Å². The van der Waals surface area contributed by atoms with Crippen LogP contribution in [-0.4, -0.2) is 9.91 Å². The fraction of sp³-hybridized carbons (Fsp3) is 0. The Morgan fingerprint density at radius 2 is 1.81 bits per heavy atom. The van der Waals surface area contributed by atoms with E-state index in [1.165, 1.54) is 12.1 Å². The van der Waals surface area contributed by atoms with Gasteiger partial charge in [-0.15, -0.1) is 0 Å². The normalized spacial score (nSPS) is 10.2. The van der Waals surface area contributed by atoms with Gasteiger partial charge in [-0.3, -0.25) is 10.1 Å². The van der Waals surface area contributed by atoms with E-state index in [0.29, 0.717) is 11.1 Å². The third kappa shape index (κ3) is 2.42. The zero-order valence-corrected chi connectivity index (χ0v) is 10.9. The van der Waals surface area contributed by atoms with Crippen molar-refractivity contribution in [3.05, 3.63) is 70.3 Å².